The second-order valence-electron chi connectivity index (χ2n) is 2.95. The van der Waals surface area contributed by atoms with E-state index in [0.29, 0.717) is 9.52 Å². The average Bonchev–Trinajstić information content (AvgIpc) is 1.96. The Bertz CT molecular complexity index is 76.5. The van der Waals surface area contributed by atoms with Gasteiger partial charge in [0.15, 0.2) is 0 Å². The van der Waals surface area contributed by atoms with Crippen LogP contribution < -0.4 is 0 Å². The molecule has 0 heterocycles. The van der Waals surface area contributed by atoms with Crippen molar-refractivity contribution in [3.05, 3.63) is 0 Å². The van der Waals surface area contributed by atoms with Crippen LogP contribution in [-0.2, 0) is 0 Å². The molecule has 0 fully saturated rings. The monoisotopic (exact) mass is 212 g/mol. The molecular formula is C8H18Cl2Si. The molecule has 0 aromatic rings. The van der Waals surface area contributed by atoms with Gasteiger partial charge in [-0.1, -0.05) is 38.3 Å². The molecule has 0 aliphatic heterocycles. The van der Waals surface area contributed by atoms with Gasteiger partial charge in [-0.2, -0.15) is 0 Å². The molecule has 0 bridgehead atoms. The third kappa shape index (κ3) is 10.8. The van der Waals surface area contributed by atoms with E-state index in [-0.39, 0.29) is 4.84 Å². The van der Waals surface area contributed by atoms with Crippen molar-refractivity contribution in [1.82, 2.24) is 0 Å². The van der Waals surface area contributed by atoms with E-state index in [1.54, 1.807) is 0 Å². The predicted molar refractivity (Wildman–Crippen MR) is 57.8 cm³/mol. The minimum absolute atomic E-state index is 0.143. The highest BCUT2D eigenvalue weighted by atomic mass is 35.5. The van der Waals surface area contributed by atoms with Gasteiger partial charge in [-0.15, -0.1) is 23.2 Å². The van der Waals surface area contributed by atoms with Gasteiger partial charge in [0.1, 0.15) is 4.84 Å². The Kier molecular flexibility index (Phi) is 9.53. The summed E-state index contributed by atoms with van der Waals surface area (Å²) in [5.41, 5.74) is 0. The molecule has 0 aromatic heterocycles. The van der Waals surface area contributed by atoms with Gasteiger partial charge in [0.2, 0.25) is 0 Å². The zero-order chi connectivity index (χ0) is 8.53. The molecule has 0 saturated carbocycles. The quantitative estimate of drug-likeness (QED) is 0.345. The first-order valence-electron chi connectivity index (χ1n) is 4.55. The van der Waals surface area contributed by atoms with Gasteiger partial charge >= 0.3 is 0 Å². The molecule has 0 N–H and O–H groups in total. The Hall–Kier alpha value is 0.797. The number of halogens is 2. The van der Waals surface area contributed by atoms with Gasteiger partial charge in [-0.3, -0.25) is 0 Å². The topological polar surface area (TPSA) is 0 Å². The van der Waals surface area contributed by atoms with Gasteiger partial charge in [0.05, 0.1) is 0 Å². The third-order valence-corrected chi connectivity index (χ3v) is 3.42. The maximum absolute atomic E-state index is 5.59. The van der Waals surface area contributed by atoms with Crippen molar-refractivity contribution in [3.63, 3.8) is 0 Å². The van der Waals surface area contributed by atoms with Crippen molar-refractivity contribution in [1.29, 1.82) is 0 Å². The fourth-order valence-electron chi connectivity index (χ4n) is 1.08. The fraction of sp³-hybridized carbons (Fsp3) is 1.00. The first-order valence-corrected chi connectivity index (χ1v) is 7.84. The maximum Gasteiger partial charge on any atom is 0.107 e. The van der Waals surface area contributed by atoms with E-state index in [0.717, 1.165) is 6.42 Å². The van der Waals surface area contributed by atoms with Gasteiger partial charge in [-0.25, -0.2) is 0 Å². The Morgan fingerprint density at radius 2 is 1.73 bits per heavy atom. The van der Waals surface area contributed by atoms with Crippen LogP contribution in [0.1, 0.15) is 32.1 Å². The molecule has 0 aliphatic carbocycles. The molecule has 3 heteroatoms. The Balaban J connectivity index is 2.80. The van der Waals surface area contributed by atoms with Crippen molar-refractivity contribution in [2.45, 2.75) is 49.5 Å². The van der Waals surface area contributed by atoms with Crippen molar-refractivity contribution in [2.24, 2.45) is 0 Å². The van der Waals surface area contributed by atoms with Crippen LogP contribution in [0.15, 0.2) is 0 Å². The lowest BCUT2D eigenvalue weighted by molar-refractivity contribution is 0.649. The molecule has 0 aliphatic rings. The largest absolute Gasteiger partial charge is 0.107 e. The van der Waals surface area contributed by atoms with E-state index in [1.165, 1.54) is 31.7 Å². The second kappa shape index (κ2) is 8.89. The molecule has 11 heavy (non-hydrogen) atoms. The van der Waals surface area contributed by atoms with E-state index in [2.05, 4.69) is 6.55 Å². The van der Waals surface area contributed by atoms with Gasteiger partial charge in [0.25, 0.3) is 0 Å². The van der Waals surface area contributed by atoms with Gasteiger partial charge in [-0.05, 0) is 6.42 Å². The minimum atomic E-state index is -0.143. The SMILES string of the molecule is C[SiH2]CCCCCCC(Cl)Cl. The summed E-state index contributed by atoms with van der Waals surface area (Å²) in [5.74, 6) is 0. The van der Waals surface area contributed by atoms with Crippen LogP contribution in [0.4, 0.5) is 0 Å². The highest BCUT2D eigenvalue weighted by Crippen LogP contribution is 2.13. The predicted octanol–water partition coefficient (Wildman–Crippen LogP) is 3.38. The van der Waals surface area contributed by atoms with Crippen LogP contribution in [0.5, 0.6) is 0 Å². The van der Waals surface area contributed by atoms with Crippen LogP contribution >= 0.6 is 23.2 Å². The first kappa shape index (κ1) is 11.8. The molecule has 0 spiro atoms. The average molecular weight is 213 g/mol. The first-order chi connectivity index (χ1) is 5.27. The maximum atomic E-state index is 5.59. The molecule has 0 saturated heterocycles. The van der Waals surface area contributed by atoms with Crippen molar-refractivity contribution in [3.8, 4) is 0 Å². The Morgan fingerprint density at radius 1 is 1.09 bits per heavy atom. The summed E-state index contributed by atoms with van der Waals surface area (Å²) in [5, 5.41) is 0. The van der Waals surface area contributed by atoms with Crippen LogP contribution in [0.3, 0.4) is 0 Å². The highest BCUT2D eigenvalue weighted by Gasteiger charge is 1.97. The summed E-state index contributed by atoms with van der Waals surface area (Å²) in [6.07, 6.45) is 6.28. The van der Waals surface area contributed by atoms with Crippen LogP contribution in [0.2, 0.25) is 12.6 Å². The lowest BCUT2D eigenvalue weighted by atomic mass is 10.2. The molecule has 0 radical (unpaired) electrons. The van der Waals surface area contributed by atoms with Gasteiger partial charge < -0.3 is 0 Å². The molecule has 68 valence electrons. The summed E-state index contributed by atoms with van der Waals surface area (Å²) < 4.78 is 0. The van der Waals surface area contributed by atoms with E-state index < -0.39 is 0 Å². The number of rotatable bonds is 7. The normalized spacial score (nSPS) is 12.0. The lowest BCUT2D eigenvalue weighted by Gasteiger charge is -2.00. The van der Waals surface area contributed by atoms with Crippen molar-refractivity contribution in [2.75, 3.05) is 0 Å². The summed E-state index contributed by atoms with van der Waals surface area (Å²) in [6, 6.07) is 1.51. The van der Waals surface area contributed by atoms with E-state index in [9.17, 15) is 0 Å². The minimum Gasteiger partial charge on any atom is -0.105 e. The van der Waals surface area contributed by atoms with E-state index in [1.807, 2.05) is 0 Å². The smallest absolute Gasteiger partial charge is 0.105 e. The Morgan fingerprint density at radius 3 is 2.27 bits per heavy atom. The van der Waals surface area contributed by atoms with Gasteiger partial charge in [0, 0.05) is 9.52 Å². The highest BCUT2D eigenvalue weighted by molar-refractivity contribution is 6.44. The number of hydrogen-bond acceptors (Lipinski definition) is 0. The second-order valence-corrected chi connectivity index (χ2v) is 5.93. The number of unbranched alkanes of at least 4 members (excludes halogenated alkanes) is 3. The van der Waals surface area contributed by atoms with E-state index in [4.69, 9.17) is 23.2 Å². The zero-order valence-electron chi connectivity index (χ0n) is 7.28. The molecule has 0 atom stereocenters. The molecule has 0 unspecified atom stereocenters. The third-order valence-electron chi connectivity index (χ3n) is 1.78. The lowest BCUT2D eigenvalue weighted by Crippen LogP contribution is -1.87. The number of alkyl halides is 2. The van der Waals surface area contributed by atoms with Crippen LogP contribution in [-0.4, -0.2) is 14.4 Å². The summed E-state index contributed by atoms with van der Waals surface area (Å²) in [6.45, 7) is 2.37. The Labute approximate surface area is 82.5 Å². The van der Waals surface area contributed by atoms with Crippen molar-refractivity contribution >= 4 is 32.7 Å². The summed E-state index contributed by atoms with van der Waals surface area (Å²) in [7, 11) is 0.312. The van der Waals surface area contributed by atoms with Crippen molar-refractivity contribution < 1.29 is 0 Å². The van der Waals surface area contributed by atoms with Crippen LogP contribution in [0.25, 0.3) is 0 Å². The fourth-order valence-corrected chi connectivity index (χ4v) is 2.24. The van der Waals surface area contributed by atoms with Crippen LogP contribution in [0, 0.1) is 0 Å². The summed E-state index contributed by atoms with van der Waals surface area (Å²) in [4.78, 5) is -0.143. The standard InChI is InChI=1S/C8H18Cl2Si/c1-11-7-5-3-2-4-6-8(9)10/h8H,2-7,11H2,1H3. The molecule has 0 aromatic carbocycles. The summed E-state index contributed by atoms with van der Waals surface area (Å²) >= 11 is 11.2. The van der Waals surface area contributed by atoms with E-state index >= 15 is 0 Å². The zero-order valence-corrected chi connectivity index (χ0v) is 10.2. The molecule has 0 amide bonds. The number of hydrogen-bond donors (Lipinski definition) is 0. The molecule has 0 rings (SSSR count). The molecule has 0 nitrogen and oxygen atoms in total. The molecular weight excluding hydrogens is 195 g/mol.